The number of nitrogens with one attached hydrogen (secondary N) is 1. The van der Waals surface area contributed by atoms with Gasteiger partial charge in [-0.1, -0.05) is 60.2 Å². The van der Waals surface area contributed by atoms with Crippen molar-refractivity contribution < 1.29 is 14.3 Å². The van der Waals surface area contributed by atoms with E-state index in [1.54, 1.807) is 6.92 Å². The molecule has 1 fully saturated rings. The van der Waals surface area contributed by atoms with Gasteiger partial charge in [0.2, 0.25) is 11.9 Å². The van der Waals surface area contributed by atoms with Crippen LogP contribution in [0.3, 0.4) is 0 Å². The van der Waals surface area contributed by atoms with Crippen molar-refractivity contribution in [1.82, 2.24) is 15.1 Å². The van der Waals surface area contributed by atoms with Crippen LogP contribution in [0.5, 0.6) is 0 Å². The first-order valence-electron chi connectivity index (χ1n) is 11.2. The number of aliphatic imine (C=N–C) groups is 1. The second kappa shape index (κ2) is 9.96. The SMILES string of the molecule is CCOC(=O)[C@H]1C(=O)NC(N2CCN(Cc3ccccc3)CC2)=N[C@@H]1c1ccc(C)cc1. The van der Waals surface area contributed by atoms with E-state index in [1.807, 2.05) is 37.3 Å². The molecule has 2 atom stereocenters. The summed E-state index contributed by atoms with van der Waals surface area (Å²) in [6.45, 7) is 8.15. The Bertz CT molecular complexity index is 966. The topological polar surface area (TPSA) is 74.2 Å². The standard InChI is InChI=1S/C25H30N4O3/c1-3-32-24(31)21-22(20-11-9-18(2)10-12-20)26-25(27-23(21)30)29-15-13-28(14-16-29)17-19-7-5-4-6-8-19/h4-12,21-22H,3,13-17H2,1-2H3,(H,26,27,30)/t21-,22-/m1/s1. The van der Waals surface area contributed by atoms with E-state index in [4.69, 9.17) is 9.73 Å². The van der Waals surface area contributed by atoms with Crippen molar-refractivity contribution in [1.29, 1.82) is 0 Å². The maximum Gasteiger partial charge on any atom is 0.321 e. The number of esters is 1. The van der Waals surface area contributed by atoms with E-state index in [2.05, 4.69) is 39.4 Å². The molecule has 0 unspecified atom stereocenters. The molecule has 7 nitrogen and oxygen atoms in total. The normalized spacial score (nSPS) is 21.6. The molecule has 0 aromatic heterocycles. The van der Waals surface area contributed by atoms with Crippen molar-refractivity contribution in [2.45, 2.75) is 26.4 Å². The molecule has 1 saturated heterocycles. The van der Waals surface area contributed by atoms with Gasteiger partial charge in [0.1, 0.15) is 6.04 Å². The van der Waals surface area contributed by atoms with Gasteiger partial charge < -0.3 is 9.64 Å². The van der Waals surface area contributed by atoms with E-state index in [1.165, 1.54) is 5.56 Å². The zero-order valence-corrected chi connectivity index (χ0v) is 18.7. The number of piperazine rings is 1. The van der Waals surface area contributed by atoms with E-state index in [0.29, 0.717) is 5.96 Å². The lowest BCUT2D eigenvalue weighted by atomic mass is 9.91. The molecule has 0 radical (unpaired) electrons. The number of hydrogen-bond donors (Lipinski definition) is 1. The summed E-state index contributed by atoms with van der Waals surface area (Å²) in [4.78, 5) is 34.9. The molecule has 2 aromatic carbocycles. The fraction of sp³-hybridized carbons (Fsp3) is 0.400. The van der Waals surface area contributed by atoms with E-state index in [0.717, 1.165) is 43.9 Å². The van der Waals surface area contributed by atoms with Crippen molar-refractivity contribution in [3.63, 3.8) is 0 Å². The van der Waals surface area contributed by atoms with Crippen LogP contribution in [0.2, 0.25) is 0 Å². The molecule has 2 aromatic rings. The molecule has 1 N–H and O–H groups in total. The van der Waals surface area contributed by atoms with Gasteiger partial charge in [-0.25, -0.2) is 4.99 Å². The highest BCUT2D eigenvalue weighted by molar-refractivity contribution is 6.08. The van der Waals surface area contributed by atoms with Crippen LogP contribution < -0.4 is 5.32 Å². The van der Waals surface area contributed by atoms with Gasteiger partial charge in [-0.15, -0.1) is 0 Å². The molecule has 32 heavy (non-hydrogen) atoms. The summed E-state index contributed by atoms with van der Waals surface area (Å²) in [5.74, 6) is -1.34. The van der Waals surface area contributed by atoms with Crippen molar-refractivity contribution in [3.8, 4) is 0 Å². The van der Waals surface area contributed by atoms with Gasteiger partial charge in [0.15, 0.2) is 5.92 Å². The third kappa shape index (κ3) is 4.99. The highest BCUT2D eigenvalue weighted by atomic mass is 16.5. The molecular weight excluding hydrogens is 404 g/mol. The smallest absolute Gasteiger partial charge is 0.321 e. The molecule has 7 heteroatoms. The van der Waals surface area contributed by atoms with Gasteiger partial charge >= 0.3 is 5.97 Å². The number of nitrogens with zero attached hydrogens (tertiary/aromatic N) is 3. The lowest BCUT2D eigenvalue weighted by Gasteiger charge is -2.39. The van der Waals surface area contributed by atoms with E-state index in [9.17, 15) is 9.59 Å². The van der Waals surface area contributed by atoms with Gasteiger partial charge in [0.05, 0.1) is 6.61 Å². The van der Waals surface area contributed by atoms with Crippen molar-refractivity contribution in [3.05, 3.63) is 71.3 Å². The fourth-order valence-corrected chi connectivity index (χ4v) is 4.19. The maximum atomic E-state index is 13.0. The van der Waals surface area contributed by atoms with Crippen LogP contribution in [-0.2, 0) is 20.9 Å². The highest BCUT2D eigenvalue weighted by Gasteiger charge is 2.42. The Morgan fingerprint density at radius 2 is 1.75 bits per heavy atom. The first-order chi connectivity index (χ1) is 15.5. The molecule has 0 saturated carbocycles. The summed E-state index contributed by atoms with van der Waals surface area (Å²) < 4.78 is 5.19. The quantitative estimate of drug-likeness (QED) is 0.578. The summed E-state index contributed by atoms with van der Waals surface area (Å²) in [5, 5.41) is 2.87. The summed E-state index contributed by atoms with van der Waals surface area (Å²) >= 11 is 0. The third-order valence-corrected chi connectivity index (χ3v) is 5.97. The van der Waals surface area contributed by atoms with Gasteiger partial charge in [-0.3, -0.25) is 19.8 Å². The van der Waals surface area contributed by atoms with Gasteiger partial charge in [-0.2, -0.15) is 0 Å². The minimum Gasteiger partial charge on any atom is -0.465 e. The average molecular weight is 435 g/mol. The number of ether oxygens (including phenoxy) is 1. The lowest BCUT2D eigenvalue weighted by molar-refractivity contribution is -0.153. The van der Waals surface area contributed by atoms with Crippen LogP contribution in [0, 0.1) is 12.8 Å². The Morgan fingerprint density at radius 3 is 2.41 bits per heavy atom. The minimum absolute atomic E-state index is 0.225. The van der Waals surface area contributed by atoms with Crippen molar-refractivity contribution >= 4 is 17.8 Å². The predicted octanol–water partition coefficient (Wildman–Crippen LogP) is 2.52. The summed E-state index contributed by atoms with van der Waals surface area (Å²) in [5.41, 5.74) is 3.24. The maximum absolute atomic E-state index is 13.0. The molecule has 4 rings (SSSR count). The van der Waals surface area contributed by atoms with Crippen molar-refractivity contribution in [2.75, 3.05) is 32.8 Å². The van der Waals surface area contributed by atoms with Crippen LogP contribution in [0.4, 0.5) is 0 Å². The van der Waals surface area contributed by atoms with Gasteiger partial charge in [-0.05, 0) is 25.0 Å². The molecule has 168 valence electrons. The number of carbonyl (C=O) groups is 2. The number of carbonyl (C=O) groups excluding carboxylic acids is 2. The van der Waals surface area contributed by atoms with Gasteiger partial charge in [0, 0.05) is 32.7 Å². The fourth-order valence-electron chi connectivity index (χ4n) is 4.19. The Hall–Kier alpha value is -3.19. The molecule has 2 aliphatic heterocycles. The number of benzene rings is 2. The monoisotopic (exact) mass is 434 g/mol. The zero-order valence-electron chi connectivity index (χ0n) is 18.7. The predicted molar refractivity (Wildman–Crippen MR) is 123 cm³/mol. The number of aryl methyl sites for hydroxylation is 1. The molecular formula is C25H30N4O3. The largest absolute Gasteiger partial charge is 0.465 e. The second-order valence-corrected chi connectivity index (χ2v) is 8.28. The van der Waals surface area contributed by atoms with E-state index >= 15 is 0 Å². The Morgan fingerprint density at radius 1 is 1.06 bits per heavy atom. The highest BCUT2D eigenvalue weighted by Crippen LogP contribution is 2.31. The summed E-state index contributed by atoms with van der Waals surface area (Å²) in [6, 6.07) is 17.6. The average Bonchev–Trinajstić information content (AvgIpc) is 2.80. The molecule has 0 spiro atoms. The zero-order chi connectivity index (χ0) is 22.5. The van der Waals surface area contributed by atoms with Crippen LogP contribution in [0.1, 0.15) is 29.7 Å². The lowest BCUT2D eigenvalue weighted by Crippen LogP contribution is -2.57. The van der Waals surface area contributed by atoms with Crippen molar-refractivity contribution in [2.24, 2.45) is 10.9 Å². The first-order valence-corrected chi connectivity index (χ1v) is 11.2. The Balaban J connectivity index is 1.51. The molecule has 0 bridgehead atoms. The Kier molecular flexibility index (Phi) is 6.85. The summed E-state index contributed by atoms with van der Waals surface area (Å²) in [7, 11) is 0. The van der Waals surface area contributed by atoms with E-state index < -0.39 is 17.9 Å². The van der Waals surface area contributed by atoms with Crippen LogP contribution in [-0.4, -0.2) is 60.4 Å². The second-order valence-electron chi connectivity index (χ2n) is 8.28. The van der Waals surface area contributed by atoms with Crippen LogP contribution >= 0.6 is 0 Å². The molecule has 1 amide bonds. The van der Waals surface area contributed by atoms with Crippen LogP contribution in [0.15, 0.2) is 59.6 Å². The van der Waals surface area contributed by atoms with Gasteiger partial charge in [0.25, 0.3) is 0 Å². The van der Waals surface area contributed by atoms with E-state index in [-0.39, 0.29) is 12.5 Å². The number of amides is 1. The first kappa shape index (κ1) is 22.0. The number of rotatable bonds is 5. The summed E-state index contributed by atoms with van der Waals surface area (Å²) in [6.07, 6.45) is 0. The van der Waals surface area contributed by atoms with Crippen LogP contribution in [0.25, 0.3) is 0 Å². The molecule has 0 aliphatic carbocycles. The number of guanidine groups is 1. The Labute approximate surface area is 189 Å². The molecule has 2 aliphatic rings. The minimum atomic E-state index is -0.985. The number of hydrogen-bond acceptors (Lipinski definition) is 6. The molecule has 2 heterocycles. The third-order valence-electron chi connectivity index (χ3n) is 5.97.